The standard InChI is InChI=1S/C11H19N3O3/c1-8-4-9(2)14(13-8)5-10(17)12-11(3,6-15)7-16/h4,15-16H,5-7H2,1-3H3,(H,12,17). The lowest BCUT2D eigenvalue weighted by molar-refractivity contribution is -0.124. The first kappa shape index (κ1) is 13.7. The van der Waals surface area contributed by atoms with Crippen molar-refractivity contribution < 1.29 is 15.0 Å². The minimum atomic E-state index is -0.993. The molecule has 0 aliphatic rings. The second-order valence-electron chi connectivity index (χ2n) is 4.51. The molecule has 96 valence electrons. The fourth-order valence-corrected chi connectivity index (χ4v) is 1.48. The van der Waals surface area contributed by atoms with Gasteiger partial charge in [-0.1, -0.05) is 0 Å². The van der Waals surface area contributed by atoms with Crippen LogP contribution in [0, 0.1) is 13.8 Å². The molecule has 0 atom stereocenters. The first-order valence-electron chi connectivity index (χ1n) is 5.44. The van der Waals surface area contributed by atoms with Crippen molar-refractivity contribution >= 4 is 5.91 Å². The van der Waals surface area contributed by atoms with Gasteiger partial charge in [0.1, 0.15) is 6.54 Å². The van der Waals surface area contributed by atoms with Crippen LogP contribution in [-0.4, -0.2) is 44.7 Å². The van der Waals surface area contributed by atoms with E-state index in [0.717, 1.165) is 11.4 Å². The minimum absolute atomic E-state index is 0.0786. The molecule has 1 aromatic rings. The summed E-state index contributed by atoms with van der Waals surface area (Å²) in [6, 6.07) is 1.88. The number of aliphatic hydroxyl groups excluding tert-OH is 2. The topological polar surface area (TPSA) is 87.4 Å². The minimum Gasteiger partial charge on any atom is -0.394 e. The molecule has 0 aliphatic carbocycles. The Balaban J connectivity index is 2.64. The molecular weight excluding hydrogens is 222 g/mol. The van der Waals surface area contributed by atoms with Crippen molar-refractivity contribution in [2.75, 3.05) is 13.2 Å². The van der Waals surface area contributed by atoms with Crippen molar-refractivity contribution in [3.05, 3.63) is 17.5 Å². The van der Waals surface area contributed by atoms with E-state index >= 15 is 0 Å². The molecule has 0 aromatic carbocycles. The number of carbonyl (C=O) groups is 1. The molecular formula is C11H19N3O3. The number of hydrogen-bond acceptors (Lipinski definition) is 4. The molecule has 3 N–H and O–H groups in total. The molecule has 0 saturated heterocycles. The zero-order valence-corrected chi connectivity index (χ0v) is 10.4. The number of nitrogens with one attached hydrogen (secondary N) is 1. The number of aromatic nitrogens is 2. The van der Waals surface area contributed by atoms with Crippen molar-refractivity contribution in [1.29, 1.82) is 0 Å². The predicted molar refractivity (Wildman–Crippen MR) is 62.4 cm³/mol. The van der Waals surface area contributed by atoms with E-state index < -0.39 is 5.54 Å². The molecule has 0 unspecified atom stereocenters. The van der Waals surface area contributed by atoms with Crippen LogP contribution in [0.2, 0.25) is 0 Å². The summed E-state index contributed by atoms with van der Waals surface area (Å²) in [7, 11) is 0. The summed E-state index contributed by atoms with van der Waals surface area (Å²) in [6.07, 6.45) is 0. The SMILES string of the molecule is Cc1cc(C)n(CC(=O)NC(C)(CO)CO)n1. The van der Waals surface area contributed by atoms with Crippen LogP contribution in [-0.2, 0) is 11.3 Å². The highest BCUT2D eigenvalue weighted by Crippen LogP contribution is 2.04. The Hall–Kier alpha value is -1.40. The second-order valence-corrected chi connectivity index (χ2v) is 4.51. The third kappa shape index (κ3) is 3.54. The Labute approximate surface area is 100 Å². The van der Waals surface area contributed by atoms with Gasteiger partial charge in [-0.05, 0) is 26.8 Å². The highest BCUT2D eigenvalue weighted by molar-refractivity contribution is 5.76. The number of hydrogen-bond donors (Lipinski definition) is 3. The van der Waals surface area contributed by atoms with E-state index in [4.69, 9.17) is 10.2 Å². The van der Waals surface area contributed by atoms with Crippen LogP contribution in [0.25, 0.3) is 0 Å². The number of amides is 1. The van der Waals surface area contributed by atoms with E-state index in [1.165, 1.54) is 0 Å². The molecule has 1 amide bonds. The van der Waals surface area contributed by atoms with E-state index in [1.54, 1.807) is 11.6 Å². The number of rotatable bonds is 5. The van der Waals surface area contributed by atoms with Crippen LogP contribution in [0.5, 0.6) is 0 Å². The van der Waals surface area contributed by atoms with Crippen molar-refractivity contribution in [1.82, 2.24) is 15.1 Å². The fraction of sp³-hybridized carbons (Fsp3) is 0.636. The molecule has 0 saturated carbocycles. The van der Waals surface area contributed by atoms with Gasteiger partial charge in [-0.2, -0.15) is 5.10 Å². The maximum Gasteiger partial charge on any atom is 0.242 e. The largest absolute Gasteiger partial charge is 0.394 e. The average molecular weight is 241 g/mol. The Morgan fingerprint density at radius 2 is 2.06 bits per heavy atom. The maximum atomic E-state index is 11.7. The van der Waals surface area contributed by atoms with Gasteiger partial charge in [0.25, 0.3) is 0 Å². The number of aliphatic hydroxyl groups is 2. The van der Waals surface area contributed by atoms with Gasteiger partial charge in [-0.25, -0.2) is 0 Å². The lowest BCUT2D eigenvalue weighted by Gasteiger charge is -2.26. The van der Waals surface area contributed by atoms with Crippen LogP contribution >= 0.6 is 0 Å². The van der Waals surface area contributed by atoms with E-state index in [1.807, 2.05) is 19.9 Å². The molecule has 0 fully saturated rings. The summed E-state index contributed by atoms with van der Waals surface area (Å²) >= 11 is 0. The molecule has 0 aliphatic heterocycles. The van der Waals surface area contributed by atoms with Gasteiger partial charge >= 0.3 is 0 Å². The highest BCUT2D eigenvalue weighted by atomic mass is 16.3. The predicted octanol–water partition coefficient (Wildman–Crippen LogP) is -0.641. The molecule has 0 radical (unpaired) electrons. The third-order valence-electron chi connectivity index (χ3n) is 2.54. The zero-order valence-electron chi connectivity index (χ0n) is 10.4. The number of nitrogens with zero attached hydrogens (tertiary/aromatic N) is 2. The summed E-state index contributed by atoms with van der Waals surface area (Å²) in [4.78, 5) is 11.7. The van der Waals surface area contributed by atoms with Gasteiger partial charge in [0.15, 0.2) is 0 Å². The van der Waals surface area contributed by atoms with Gasteiger partial charge in [0.2, 0.25) is 5.91 Å². The molecule has 1 rings (SSSR count). The smallest absolute Gasteiger partial charge is 0.242 e. The van der Waals surface area contributed by atoms with Crippen LogP contribution in [0.4, 0.5) is 0 Å². The first-order chi connectivity index (χ1) is 7.90. The summed E-state index contributed by atoms with van der Waals surface area (Å²) in [5, 5.41) is 24.9. The summed E-state index contributed by atoms with van der Waals surface area (Å²) in [6.45, 7) is 4.75. The molecule has 1 heterocycles. The molecule has 0 spiro atoms. The van der Waals surface area contributed by atoms with Gasteiger partial charge in [0, 0.05) is 5.69 Å². The van der Waals surface area contributed by atoms with Crippen LogP contribution in [0.3, 0.4) is 0 Å². The fourth-order valence-electron chi connectivity index (χ4n) is 1.48. The van der Waals surface area contributed by atoms with E-state index in [0.29, 0.717) is 0 Å². The molecule has 6 nitrogen and oxygen atoms in total. The van der Waals surface area contributed by atoms with Crippen molar-refractivity contribution in [2.24, 2.45) is 0 Å². The van der Waals surface area contributed by atoms with Gasteiger partial charge in [-0.15, -0.1) is 0 Å². The van der Waals surface area contributed by atoms with Gasteiger partial charge in [0.05, 0.1) is 24.4 Å². The lowest BCUT2D eigenvalue weighted by atomic mass is 10.1. The maximum absolute atomic E-state index is 11.7. The van der Waals surface area contributed by atoms with E-state index in [-0.39, 0.29) is 25.7 Å². The third-order valence-corrected chi connectivity index (χ3v) is 2.54. The average Bonchev–Trinajstić information content (AvgIpc) is 2.57. The Kier molecular flexibility index (Phi) is 4.25. The Morgan fingerprint density at radius 1 is 1.47 bits per heavy atom. The normalized spacial score (nSPS) is 11.6. The summed E-state index contributed by atoms with van der Waals surface area (Å²) < 4.78 is 1.58. The van der Waals surface area contributed by atoms with Crippen molar-refractivity contribution in [3.63, 3.8) is 0 Å². The molecule has 17 heavy (non-hydrogen) atoms. The van der Waals surface area contributed by atoms with Crippen molar-refractivity contribution in [3.8, 4) is 0 Å². The van der Waals surface area contributed by atoms with E-state index in [2.05, 4.69) is 10.4 Å². The van der Waals surface area contributed by atoms with E-state index in [9.17, 15) is 4.79 Å². The summed E-state index contributed by atoms with van der Waals surface area (Å²) in [5.74, 6) is -0.290. The molecule has 6 heteroatoms. The zero-order chi connectivity index (χ0) is 13.1. The number of aryl methyl sites for hydroxylation is 2. The monoisotopic (exact) mass is 241 g/mol. The molecule has 1 aromatic heterocycles. The quantitative estimate of drug-likeness (QED) is 0.640. The van der Waals surface area contributed by atoms with Gasteiger partial charge in [-0.3, -0.25) is 9.48 Å². The Bertz CT molecular complexity index is 397. The van der Waals surface area contributed by atoms with Crippen LogP contribution in [0.15, 0.2) is 6.07 Å². The number of carbonyl (C=O) groups excluding carboxylic acids is 1. The lowest BCUT2D eigenvalue weighted by Crippen LogP contribution is -2.52. The first-order valence-corrected chi connectivity index (χ1v) is 5.44. The van der Waals surface area contributed by atoms with Gasteiger partial charge < -0.3 is 15.5 Å². The highest BCUT2D eigenvalue weighted by Gasteiger charge is 2.24. The molecule has 0 bridgehead atoms. The second kappa shape index (κ2) is 5.29. The van der Waals surface area contributed by atoms with Crippen LogP contribution in [0.1, 0.15) is 18.3 Å². The summed E-state index contributed by atoms with van der Waals surface area (Å²) in [5.41, 5.74) is 0.752. The van der Waals surface area contributed by atoms with Crippen molar-refractivity contribution in [2.45, 2.75) is 32.9 Å². The Morgan fingerprint density at radius 3 is 2.47 bits per heavy atom. The van der Waals surface area contributed by atoms with Crippen LogP contribution < -0.4 is 5.32 Å².